The van der Waals surface area contributed by atoms with Gasteiger partial charge in [0.05, 0.1) is 0 Å². The van der Waals surface area contributed by atoms with E-state index in [1.54, 1.807) is 0 Å². The Bertz CT molecular complexity index is 344. The van der Waals surface area contributed by atoms with Gasteiger partial charge in [-0.2, -0.15) is 0 Å². The van der Waals surface area contributed by atoms with Crippen LogP contribution < -0.4 is 0 Å². The Labute approximate surface area is 110 Å². The van der Waals surface area contributed by atoms with Crippen LogP contribution in [-0.4, -0.2) is 41.4 Å². The highest BCUT2D eigenvalue weighted by molar-refractivity contribution is 5.82. The lowest BCUT2D eigenvalue weighted by Crippen LogP contribution is -2.44. The number of carbonyl (C=O) groups excluding carboxylic acids is 1. The smallest absolute Gasteiger partial charge is 0.245 e. The average Bonchev–Trinajstić information content (AvgIpc) is 3.10. The summed E-state index contributed by atoms with van der Waals surface area (Å²) in [6.45, 7) is 3.07. The molecular formula is C15H24N2O. The standard InChI is InChI=1S/C15H24N2O/c18-15(16-10-4-5-11-16)14-9-6-12-17(14)13-7-2-1-3-8-13/h7,14H,1-6,8-12H2/t14-/m0/s1. The van der Waals surface area contributed by atoms with Crippen molar-refractivity contribution in [3.63, 3.8) is 0 Å². The second kappa shape index (κ2) is 5.33. The van der Waals surface area contributed by atoms with Crippen LogP contribution in [0.5, 0.6) is 0 Å². The molecule has 100 valence electrons. The number of hydrogen-bond acceptors (Lipinski definition) is 2. The normalized spacial score (nSPS) is 28.7. The first kappa shape index (κ1) is 12.1. The molecule has 0 aromatic carbocycles. The van der Waals surface area contributed by atoms with E-state index in [-0.39, 0.29) is 6.04 Å². The maximum absolute atomic E-state index is 12.6. The first-order chi connectivity index (χ1) is 8.86. The monoisotopic (exact) mass is 248 g/mol. The Morgan fingerprint density at radius 2 is 1.89 bits per heavy atom. The van der Waals surface area contributed by atoms with E-state index in [9.17, 15) is 4.79 Å². The van der Waals surface area contributed by atoms with Crippen molar-refractivity contribution in [3.05, 3.63) is 11.8 Å². The highest BCUT2D eigenvalue weighted by Gasteiger charge is 2.35. The number of amides is 1. The van der Waals surface area contributed by atoms with E-state index in [0.717, 1.165) is 26.1 Å². The molecule has 0 N–H and O–H groups in total. The molecule has 3 heteroatoms. The molecule has 0 bridgehead atoms. The molecule has 2 aliphatic heterocycles. The van der Waals surface area contributed by atoms with Crippen molar-refractivity contribution in [3.8, 4) is 0 Å². The number of carbonyl (C=O) groups is 1. The molecule has 1 aliphatic carbocycles. The molecule has 0 radical (unpaired) electrons. The Balaban J connectivity index is 1.70. The van der Waals surface area contributed by atoms with Crippen molar-refractivity contribution in [1.29, 1.82) is 0 Å². The zero-order valence-corrected chi connectivity index (χ0v) is 11.2. The molecule has 0 aromatic rings. The van der Waals surface area contributed by atoms with Gasteiger partial charge in [0.15, 0.2) is 0 Å². The first-order valence-electron chi connectivity index (χ1n) is 7.61. The summed E-state index contributed by atoms with van der Waals surface area (Å²) in [5.41, 5.74) is 1.45. The molecule has 3 nitrogen and oxygen atoms in total. The molecule has 18 heavy (non-hydrogen) atoms. The third-order valence-electron chi connectivity index (χ3n) is 4.59. The molecule has 1 atom stereocenters. The van der Waals surface area contributed by atoms with E-state index in [0.29, 0.717) is 5.91 Å². The zero-order chi connectivity index (χ0) is 12.4. The molecule has 2 heterocycles. The molecule has 2 saturated heterocycles. The van der Waals surface area contributed by atoms with E-state index >= 15 is 0 Å². The Kier molecular flexibility index (Phi) is 3.57. The summed E-state index contributed by atoms with van der Waals surface area (Å²) in [5.74, 6) is 0.400. The second-order valence-corrected chi connectivity index (χ2v) is 5.83. The van der Waals surface area contributed by atoms with E-state index in [1.165, 1.54) is 50.6 Å². The largest absolute Gasteiger partial charge is 0.363 e. The zero-order valence-electron chi connectivity index (χ0n) is 11.2. The van der Waals surface area contributed by atoms with E-state index in [1.807, 2.05) is 0 Å². The third-order valence-corrected chi connectivity index (χ3v) is 4.59. The summed E-state index contributed by atoms with van der Waals surface area (Å²) in [4.78, 5) is 17.1. The van der Waals surface area contributed by atoms with Gasteiger partial charge in [-0.1, -0.05) is 6.08 Å². The van der Waals surface area contributed by atoms with Gasteiger partial charge in [-0.3, -0.25) is 4.79 Å². The number of likely N-dealkylation sites (tertiary alicyclic amines) is 2. The lowest BCUT2D eigenvalue weighted by Gasteiger charge is -2.32. The van der Waals surface area contributed by atoms with Crippen LogP contribution >= 0.6 is 0 Å². The molecule has 0 unspecified atom stereocenters. The minimum absolute atomic E-state index is 0.160. The van der Waals surface area contributed by atoms with Crippen molar-refractivity contribution in [2.24, 2.45) is 0 Å². The highest BCUT2D eigenvalue weighted by Crippen LogP contribution is 2.30. The second-order valence-electron chi connectivity index (χ2n) is 5.83. The van der Waals surface area contributed by atoms with Gasteiger partial charge in [0.25, 0.3) is 0 Å². The van der Waals surface area contributed by atoms with Crippen LogP contribution in [0.2, 0.25) is 0 Å². The summed E-state index contributed by atoms with van der Waals surface area (Å²) in [5, 5.41) is 0. The first-order valence-corrected chi connectivity index (χ1v) is 7.61. The number of nitrogens with zero attached hydrogens (tertiary/aromatic N) is 2. The highest BCUT2D eigenvalue weighted by atomic mass is 16.2. The lowest BCUT2D eigenvalue weighted by atomic mass is 10.0. The summed E-state index contributed by atoms with van der Waals surface area (Å²) < 4.78 is 0. The van der Waals surface area contributed by atoms with E-state index in [4.69, 9.17) is 0 Å². The molecular weight excluding hydrogens is 224 g/mol. The van der Waals surface area contributed by atoms with Crippen LogP contribution in [0.4, 0.5) is 0 Å². The third kappa shape index (κ3) is 2.27. The summed E-state index contributed by atoms with van der Waals surface area (Å²) >= 11 is 0. The van der Waals surface area contributed by atoms with Crippen LogP contribution in [0.15, 0.2) is 11.8 Å². The van der Waals surface area contributed by atoms with Gasteiger partial charge >= 0.3 is 0 Å². The van der Waals surface area contributed by atoms with Crippen molar-refractivity contribution >= 4 is 5.91 Å². The predicted octanol–water partition coefficient (Wildman–Crippen LogP) is 2.53. The van der Waals surface area contributed by atoms with Crippen molar-refractivity contribution in [2.45, 2.75) is 57.4 Å². The van der Waals surface area contributed by atoms with Crippen LogP contribution in [0.3, 0.4) is 0 Å². The maximum atomic E-state index is 12.6. The minimum Gasteiger partial charge on any atom is -0.363 e. The predicted molar refractivity (Wildman–Crippen MR) is 72.1 cm³/mol. The van der Waals surface area contributed by atoms with Gasteiger partial charge in [-0.05, 0) is 51.4 Å². The van der Waals surface area contributed by atoms with Crippen molar-refractivity contribution in [2.75, 3.05) is 19.6 Å². The van der Waals surface area contributed by atoms with Crippen molar-refractivity contribution in [1.82, 2.24) is 9.80 Å². The van der Waals surface area contributed by atoms with Gasteiger partial charge in [-0.25, -0.2) is 0 Å². The molecule has 0 aromatic heterocycles. The molecule has 0 spiro atoms. The molecule has 2 fully saturated rings. The molecule has 1 amide bonds. The average molecular weight is 248 g/mol. The number of rotatable bonds is 2. The van der Waals surface area contributed by atoms with Gasteiger partial charge in [0.1, 0.15) is 6.04 Å². The van der Waals surface area contributed by atoms with Gasteiger partial charge < -0.3 is 9.80 Å². The fraction of sp³-hybridized carbons (Fsp3) is 0.800. The lowest BCUT2D eigenvalue weighted by molar-refractivity contribution is -0.134. The molecule has 3 aliphatic rings. The van der Waals surface area contributed by atoms with Crippen LogP contribution in [0, 0.1) is 0 Å². The Morgan fingerprint density at radius 3 is 2.61 bits per heavy atom. The Hall–Kier alpha value is -0.990. The Morgan fingerprint density at radius 1 is 1.06 bits per heavy atom. The summed E-state index contributed by atoms with van der Waals surface area (Å²) in [6.07, 6.45) is 12.0. The fourth-order valence-corrected chi connectivity index (χ4v) is 3.60. The minimum atomic E-state index is 0.160. The van der Waals surface area contributed by atoms with Crippen LogP contribution in [0.1, 0.15) is 51.4 Å². The fourth-order valence-electron chi connectivity index (χ4n) is 3.60. The van der Waals surface area contributed by atoms with E-state index < -0.39 is 0 Å². The van der Waals surface area contributed by atoms with Crippen LogP contribution in [0.25, 0.3) is 0 Å². The summed E-state index contributed by atoms with van der Waals surface area (Å²) in [6, 6.07) is 0.160. The van der Waals surface area contributed by atoms with Gasteiger partial charge in [0, 0.05) is 25.3 Å². The SMILES string of the molecule is O=C([C@@H]1CCCN1C1=CCCCC1)N1CCCC1. The maximum Gasteiger partial charge on any atom is 0.245 e. The molecule has 3 rings (SSSR count). The topological polar surface area (TPSA) is 23.6 Å². The van der Waals surface area contributed by atoms with Gasteiger partial charge in [-0.15, -0.1) is 0 Å². The number of allylic oxidation sites excluding steroid dienone is 2. The van der Waals surface area contributed by atoms with E-state index in [2.05, 4.69) is 15.9 Å². The van der Waals surface area contributed by atoms with Gasteiger partial charge in [0.2, 0.25) is 5.91 Å². The summed E-state index contributed by atoms with van der Waals surface area (Å²) in [7, 11) is 0. The van der Waals surface area contributed by atoms with Crippen LogP contribution in [-0.2, 0) is 4.79 Å². The number of hydrogen-bond donors (Lipinski definition) is 0. The van der Waals surface area contributed by atoms with Crippen molar-refractivity contribution < 1.29 is 4.79 Å². The molecule has 0 saturated carbocycles. The quantitative estimate of drug-likeness (QED) is 0.749.